The van der Waals surface area contributed by atoms with Crippen molar-refractivity contribution in [3.05, 3.63) is 54.1 Å². The number of hydrogen-bond acceptors (Lipinski definition) is 5. The Morgan fingerprint density at radius 1 is 1.14 bits per heavy atom. The van der Waals surface area contributed by atoms with Crippen LogP contribution in [0, 0.1) is 0 Å². The monoisotopic (exact) mass is 285 g/mol. The van der Waals surface area contributed by atoms with Crippen LogP contribution in [0.5, 0.6) is 5.75 Å². The molecular weight excluding hydrogens is 270 g/mol. The van der Waals surface area contributed by atoms with E-state index in [0.29, 0.717) is 17.1 Å². The van der Waals surface area contributed by atoms with E-state index in [1.165, 1.54) is 18.1 Å². The molecule has 0 aliphatic carbocycles. The van der Waals surface area contributed by atoms with Crippen molar-refractivity contribution in [2.24, 2.45) is 7.05 Å². The fraction of sp³-hybridized carbons (Fsp3) is 0.214. The van der Waals surface area contributed by atoms with E-state index in [2.05, 4.69) is 15.3 Å². The van der Waals surface area contributed by atoms with Gasteiger partial charge in [0.1, 0.15) is 17.5 Å². The third-order valence-electron chi connectivity index (χ3n) is 3.21. The van der Waals surface area contributed by atoms with Gasteiger partial charge >= 0.3 is 0 Å². The molecule has 1 N–H and O–H groups in total. The molecule has 0 saturated heterocycles. The molecule has 1 unspecified atom stereocenters. The van der Waals surface area contributed by atoms with E-state index in [1.54, 1.807) is 17.9 Å². The molecule has 7 heteroatoms. The molecule has 0 saturated carbocycles. The second-order valence-corrected chi connectivity index (χ2v) is 4.52. The molecule has 0 amide bonds. The van der Waals surface area contributed by atoms with E-state index in [0.717, 1.165) is 5.69 Å². The minimum atomic E-state index is -0.954. The van der Waals surface area contributed by atoms with E-state index >= 15 is 0 Å². The van der Waals surface area contributed by atoms with Gasteiger partial charge < -0.3 is 9.84 Å². The Bertz CT molecular complexity index is 735. The number of para-hydroxylation sites is 1. The number of hydrogen-bond donors (Lipinski definition) is 1. The van der Waals surface area contributed by atoms with E-state index in [1.807, 2.05) is 30.3 Å². The average Bonchev–Trinajstić information content (AvgIpc) is 3.14. The molecule has 3 rings (SSSR count). The normalized spacial score (nSPS) is 12.3. The maximum Gasteiger partial charge on any atom is 0.163 e. The van der Waals surface area contributed by atoms with Crippen molar-refractivity contribution in [1.82, 2.24) is 24.8 Å². The van der Waals surface area contributed by atoms with Crippen LogP contribution in [0.4, 0.5) is 0 Å². The highest BCUT2D eigenvalue weighted by Gasteiger charge is 2.23. The van der Waals surface area contributed by atoms with Gasteiger partial charge in [0, 0.05) is 7.05 Å². The summed E-state index contributed by atoms with van der Waals surface area (Å²) < 4.78 is 6.76. The van der Waals surface area contributed by atoms with Gasteiger partial charge in [-0.2, -0.15) is 20.1 Å². The summed E-state index contributed by atoms with van der Waals surface area (Å²) in [4.78, 5) is 1.47. The Balaban J connectivity index is 1.94. The SMILES string of the molecule is COc1cnn(C)c1C(O)c1cnn(-c2ccccc2)n1. The molecule has 0 bridgehead atoms. The fourth-order valence-corrected chi connectivity index (χ4v) is 2.12. The third kappa shape index (κ3) is 2.38. The van der Waals surface area contributed by atoms with Gasteiger partial charge in [0.25, 0.3) is 0 Å². The van der Waals surface area contributed by atoms with Crippen LogP contribution in [0.2, 0.25) is 0 Å². The summed E-state index contributed by atoms with van der Waals surface area (Å²) in [5.41, 5.74) is 1.80. The number of aromatic nitrogens is 5. The molecule has 1 atom stereocenters. The summed E-state index contributed by atoms with van der Waals surface area (Å²) in [6.45, 7) is 0. The Morgan fingerprint density at radius 3 is 2.62 bits per heavy atom. The smallest absolute Gasteiger partial charge is 0.163 e. The van der Waals surface area contributed by atoms with Crippen LogP contribution in [0.3, 0.4) is 0 Å². The molecule has 0 radical (unpaired) electrons. The van der Waals surface area contributed by atoms with Gasteiger partial charge in [-0.3, -0.25) is 4.68 Å². The van der Waals surface area contributed by atoms with E-state index < -0.39 is 6.10 Å². The molecule has 2 aromatic heterocycles. The average molecular weight is 285 g/mol. The molecule has 1 aromatic carbocycles. The second-order valence-electron chi connectivity index (χ2n) is 4.52. The summed E-state index contributed by atoms with van der Waals surface area (Å²) >= 11 is 0. The van der Waals surface area contributed by atoms with Gasteiger partial charge in [0.05, 0.1) is 25.2 Å². The van der Waals surface area contributed by atoms with Gasteiger partial charge in [-0.15, -0.1) is 0 Å². The van der Waals surface area contributed by atoms with Crippen LogP contribution in [0.25, 0.3) is 5.69 Å². The molecule has 0 aliphatic rings. The van der Waals surface area contributed by atoms with E-state index in [4.69, 9.17) is 4.74 Å². The zero-order chi connectivity index (χ0) is 14.8. The first-order chi connectivity index (χ1) is 10.2. The lowest BCUT2D eigenvalue weighted by molar-refractivity contribution is 0.199. The molecule has 0 spiro atoms. The number of aliphatic hydroxyl groups is 1. The lowest BCUT2D eigenvalue weighted by Gasteiger charge is -2.10. The van der Waals surface area contributed by atoms with Gasteiger partial charge in [0.2, 0.25) is 0 Å². The highest BCUT2D eigenvalue weighted by Crippen LogP contribution is 2.28. The number of ether oxygens (including phenoxy) is 1. The molecule has 7 nitrogen and oxygen atoms in total. The van der Waals surface area contributed by atoms with Gasteiger partial charge in [0.15, 0.2) is 5.75 Å². The summed E-state index contributed by atoms with van der Waals surface area (Å²) in [5.74, 6) is 0.513. The van der Waals surface area contributed by atoms with Crippen LogP contribution in [0.1, 0.15) is 17.5 Å². The van der Waals surface area contributed by atoms with Gasteiger partial charge in [-0.25, -0.2) is 0 Å². The first-order valence-electron chi connectivity index (χ1n) is 6.42. The Morgan fingerprint density at radius 2 is 1.90 bits per heavy atom. The Labute approximate surface area is 121 Å². The van der Waals surface area contributed by atoms with E-state index in [9.17, 15) is 5.11 Å². The molecule has 2 heterocycles. The maximum atomic E-state index is 10.5. The first-order valence-corrected chi connectivity index (χ1v) is 6.42. The van der Waals surface area contributed by atoms with Crippen molar-refractivity contribution >= 4 is 0 Å². The zero-order valence-electron chi connectivity index (χ0n) is 11.7. The predicted octanol–water partition coefficient (Wildman–Crippen LogP) is 1.09. The van der Waals surface area contributed by atoms with Crippen molar-refractivity contribution < 1.29 is 9.84 Å². The van der Waals surface area contributed by atoms with Crippen molar-refractivity contribution in [2.75, 3.05) is 7.11 Å². The van der Waals surface area contributed by atoms with Crippen LogP contribution < -0.4 is 4.74 Å². The lowest BCUT2D eigenvalue weighted by atomic mass is 10.2. The summed E-state index contributed by atoms with van der Waals surface area (Å²) in [6, 6.07) is 9.50. The number of nitrogens with zero attached hydrogens (tertiary/aromatic N) is 5. The van der Waals surface area contributed by atoms with Crippen LogP contribution in [0.15, 0.2) is 42.7 Å². The van der Waals surface area contributed by atoms with Crippen LogP contribution >= 0.6 is 0 Å². The Hall–Kier alpha value is -2.67. The minimum Gasteiger partial charge on any atom is -0.493 e. The fourth-order valence-electron chi connectivity index (χ4n) is 2.12. The predicted molar refractivity (Wildman–Crippen MR) is 75.2 cm³/mol. The number of aliphatic hydroxyl groups excluding tert-OH is 1. The Kier molecular flexibility index (Phi) is 3.41. The number of benzene rings is 1. The molecule has 0 fully saturated rings. The zero-order valence-corrected chi connectivity index (χ0v) is 11.7. The van der Waals surface area contributed by atoms with Crippen molar-refractivity contribution in [3.63, 3.8) is 0 Å². The second kappa shape index (κ2) is 5.37. The topological polar surface area (TPSA) is 78.0 Å². The quantitative estimate of drug-likeness (QED) is 0.776. The number of rotatable bonds is 4. The highest BCUT2D eigenvalue weighted by molar-refractivity contribution is 5.32. The number of methoxy groups -OCH3 is 1. The van der Waals surface area contributed by atoms with Crippen molar-refractivity contribution in [2.45, 2.75) is 6.10 Å². The van der Waals surface area contributed by atoms with Gasteiger partial charge in [-0.1, -0.05) is 18.2 Å². The lowest BCUT2D eigenvalue weighted by Crippen LogP contribution is -2.09. The third-order valence-corrected chi connectivity index (χ3v) is 3.21. The van der Waals surface area contributed by atoms with E-state index in [-0.39, 0.29) is 0 Å². The summed E-state index contributed by atoms with van der Waals surface area (Å²) in [6.07, 6.45) is 2.13. The molecular formula is C14H15N5O2. The molecule has 21 heavy (non-hydrogen) atoms. The highest BCUT2D eigenvalue weighted by atomic mass is 16.5. The molecule has 0 aliphatic heterocycles. The van der Waals surface area contributed by atoms with Crippen molar-refractivity contribution in [1.29, 1.82) is 0 Å². The molecule has 108 valence electrons. The minimum absolute atomic E-state index is 0.431. The maximum absolute atomic E-state index is 10.5. The largest absolute Gasteiger partial charge is 0.493 e. The first kappa shape index (κ1) is 13.3. The summed E-state index contributed by atoms with van der Waals surface area (Å²) in [5, 5.41) is 23.0. The standard InChI is InChI=1S/C14H15N5O2/c1-18-13(12(21-2)9-15-18)14(20)11-8-16-19(17-11)10-6-4-3-5-7-10/h3-9,14,20H,1-2H3. The van der Waals surface area contributed by atoms with Gasteiger partial charge in [-0.05, 0) is 12.1 Å². The molecule has 3 aromatic rings. The van der Waals surface area contributed by atoms with Crippen molar-refractivity contribution in [3.8, 4) is 11.4 Å². The summed E-state index contributed by atoms with van der Waals surface area (Å²) in [7, 11) is 3.27. The number of aryl methyl sites for hydroxylation is 1. The van der Waals surface area contributed by atoms with Crippen LogP contribution in [-0.4, -0.2) is 37.0 Å². The van der Waals surface area contributed by atoms with Crippen LogP contribution in [-0.2, 0) is 7.05 Å².